The molecular formula is C25H23N5O2. The lowest BCUT2D eigenvalue weighted by molar-refractivity contribution is -0.134. The van der Waals surface area contributed by atoms with Crippen molar-refractivity contribution in [2.24, 2.45) is 7.05 Å². The molecule has 0 unspecified atom stereocenters. The van der Waals surface area contributed by atoms with E-state index < -0.39 is 0 Å². The van der Waals surface area contributed by atoms with E-state index in [1.54, 1.807) is 10.9 Å². The van der Waals surface area contributed by atoms with Crippen LogP contribution in [0.5, 0.6) is 0 Å². The third kappa shape index (κ3) is 3.32. The van der Waals surface area contributed by atoms with Crippen LogP contribution in [0.15, 0.2) is 67.0 Å². The SMILES string of the molecule is CN1C(=O)C(c2cn(CCCc3ccccc3)nn2)=C(c2cn(C)c3ccccc23)C1=O. The van der Waals surface area contributed by atoms with E-state index in [0.29, 0.717) is 23.4 Å². The van der Waals surface area contributed by atoms with E-state index in [1.165, 1.54) is 12.6 Å². The van der Waals surface area contributed by atoms with E-state index in [4.69, 9.17) is 0 Å². The number of para-hydroxylation sites is 1. The zero-order valence-electron chi connectivity index (χ0n) is 18.0. The molecule has 0 saturated heterocycles. The number of rotatable bonds is 6. The minimum Gasteiger partial charge on any atom is -0.350 e. The van der Waals surface area contributed by atoms with Crippen LogP contribution in [-0.4, -0.2) is 43.3 Å². The lowest BCUT2D eigenvalue weighted by Gasteiger charge is -2.05. The Balaban J connectivity index is 1.49. The summed E-state index contributed by atoms with van der Waals surface area (Å²) >= 11 is 0. The number of aryl methyl sites for hydroxylation is 3. The van der Waals surface area contributed by atoms with Crippen LogP contribution in [0.4, 0.5) is 0 Å². The fraction of sp³-hybridized carbons (Fsp3) is 0.200. The van der Waals surface area contributed by atoms with Crippen LogP contribution in [0, 0.1) is 0 Å². The first kappa shape index (κ1) is 19.9. The summed E-state index contributed by atoms with van der Waals surface area (Å²) in [6, 6.07) is 18.1. The van der Waals surface area contributed by atoms with Crippen molar-refractivity contribution in [3.8, 4) is 0 Å². The van der Waals surface area contributed by atoms with E-state index in [9.17, 15) is 9.59 Å². The van der Waals surface area contributed by atoms with E-state index in [2.05, 4.69) is 22.4 Å². The minimum absolute atomic E-state index is 0.308. The molecule has 0 saturated carbocycles. The van der Waals surface area contributed by atoms with Gasteiger partial charge in [-0.25, -0.2) is 0 Å². The van der Waals surface area contributed by atoms with Gasteiger partial charge >= 0.3 is 0 Å². The number of benzene rings is 2. The van der Waals surface area contributed by atoms with E-state index >= 15 is 0 Å². The molecule has 7 nitrogen and oxygen atoms in total. The van der Waals surface area contributed by atoms with Gasteiger partial charge in [-0.3, -0.25) is 19.2 Å². The number of carbonyl (C=O) groups excluding carboxylic acids is 2. The molecule has 0 atom stereocenters. The largest absolute Gasteiger partial charge is 0.350 e. The third-order valence-corrected chi connectivity index (χ3v) is 5.94. The van der Waals surface area contributed by atoms with Gasteiger partial charge < -0.3 is 4.57 Å². The van der Waals surface area contributed by atoms with Gasteiger partial charge in [0.1, 0.15) is 5.69 Å². The highest BCUT2D eigenvalue weighted by Crippen LogP contribution is 2.37. The van der Waals surface area contributed by atoms with Crippen molar-refractivity contribution in [3.63, 3.8) is 0 Å². The van der Waals surface area contributed by atoms with Gasteiger partial charge in [0.05, 0.1) is 17.3 Å². The first-order valence-corrected chi connectivity index (χ1v) is 10.6. The average molecular weight is 425 g/mol. The van der Waals surface area contributed by atoms with E-state index in [1.807, 2.05) is 60.3 Å². The Morgan fingerprint density at radius 3 is 2.38 bits per heavy atom. The van der Waals surface area contributed by atoms with Gasteiger partial charge in [-0.1, -0.05) is 53.7 Å². The van der Waals surface area contributed by atoms with Gasteiger partial charge in [0, 0.05) is 43.3 Å². The highest BCUT2D eigenvalue weighted by molar-refractivity contribution is 6.49. The highest BCUT2D eigenvalue weighted by Gasteiger charge is 2.39. The molecule has 0 spiro atoms. The molecule has 5 rings (SSSR count). The number of aromatic nitrogens is 4. The Morgan fingerprint density at radius 2 is 1.56 bits per heavy atom. The molecule has 2 aromatic carbocycles. The molecule has 1 aliphatic heterocycles. The molecule has 2 aromatic heterocycles. The Bertz CT molecular complexity index is 1360. The molecule has 0 bridgehead atoms. The number of fused-ring (bicyclic) bond motifs is 1. The molecule has 2 amide bonds. The van der Waals surface area contributed by atoms with Gasteiger partial charge in [0.2, 0.25) is 0 Å². The molecule has 0 N–H and O–H groups in total. The molecule has 0 fully saturated rings. The quantitative estimate of drug-likeness (QED) is 0.444. The van der Waals surface area contributed by atoms with Crippen molar-refractivity contribution in [1.29, 1.82) is 0 Å². The van der Waals surface area contributed by atoms with Crippen LogP contribution in [0.2, 0.25) is 0 Å². The predicted molar refractivity (Wildman–Crippen MR) is 122 cm³/mol. The molecule has 7 heteroatoms. The Labute approximate surface area is 185 Å². The number of hydrogen-bond acceptors (Lipinski definition) is 4. The fourth-order valence-electron chi connectivity index (χ4n) is 4.28. The Hall–Kier alpha value is -4.00. The molecule has 0 aliphatic carbocycles. The lowest BCUT2D eigenvalue weighted by atomic mass is 9.99. The summed E-state index contributed by atoms with van der Waals surface area (Å²) < 4.78 is 3.70. The topological polar surface area (TPSA) is 73.0 Å². The minimum atomic E-state index is -0.353. The number of carbonyl (C=O) groups is 2. The standard InChI is InChI=1S/C25H23N5O2/c1-28-15-19(18-12-6-7-13-21(18)28)22-23(25(32)29(2)24(22)31)20-16-30(27-26-20)14-8-11-17-9-4-3-5-10-17/h3-7,9-10,12-13,15-16H,8,11,14H2,1-2H3. The first-order chi connectivity index (χ1) is 15.5. The normalized spacial score (nSPS) is 14.2. The van der Waals surface area contributed by atoms with Gasteiger partial charge in [-0.2, -0.15) is 0 Å². The Kier molecular flexibility index (Phi) is 4.93. The molecule has 4 aromatic rings. The van der Waals surface area contributed by atoms with Crippen molar-refractivity contribution < 1.29 is 9.59 Å². The summed E-state index contributed by atoms with van der Waals surface area (Å²) in [5.74, 6) is -0.672. The van der Waals surface area contributed by atoms with Crippen LogP contribution in [0.25, 0.3) is 22.0 Å². The lowest BCUT2D eigenvalue weighted by Crippen LogP contribution is -2.26. The second-order valence-electron chi connectivity index (χ2n) is 8.05. The first-order valence-electron chi connectivity index (χ1n) is 10.6. The van der Waals surface area contributed by atoms with Crippen molar-refractivity contribution in [1.82, 2.24) is 24.5 Å². The van der Waals surface area contributed by atoms with Crippen molar-refractivity contribution in [2.75, 3.05) is 7.05 Å². The smallest absolute Gasteiger partial charge is 0.263 e. The van der Waals surface area contributed by atoms with Gasteiger partial charge in [-0.15, -0.1) is 5.10 Å². The monoisotopic (exact) mass is 425 g/mol. The van der Waals surface area contributed by atoms with Gasteiger partial charge in [-0.05, 0) is 24.5 Å². The second kappa shape index (κ2) is 7.92. The molecular weight excluding hydrogens is 402 g/mol. The van der Waals surface area contributed by atoms with Crippen LogP contribution in [0.1, 0.15) is 23.2 Å². The molecule has 0 radical (unpaired) electrons. The average Bonchev–Trinajstić information content (AvgIpc) is 3.47. The maximum atomic E-state index is 13.1. The summed E-state index contributed by atoms with van der Waals surface area (Å²) in [5.41, 5.74) is 4.12. The fourth-order valence-corrected chi connectivity index (χ4v) is 4.28. The molecule has 3 heterocycles. The predicted octanol–water partition coefficient (Wildman–Crippen LogP) is 3.31. The van der Waals surface area contributed by atoms with Crippen molar-refractivity contribution in [3.05, 3.63) is 83.8 Å². The number of amides is 2. The van der Waals surface area contributed by atoms with Gasteiger partial charge in [0.25, 0.3) is 11.8 Å². The summed E-state index contributed by atoms with van der Waals surface area (Å²) in [4.78, 5) is 27.2. The highest BCUT2D eigenvalue weighted by atomic mass is 16.2. The summed E-state index contributed by atoms with van der Waals surface area (Å²) in [7, 11) is 3.44. The van der Waals surface area contributed by atoms with Crippen LogP contribution in [0.3, 0.4) is 0 Å². The summed E-state index contributed by atoms with van der Waals surface area (Å²) in [5, 5.41) is 9.40. The van der Waals surface area contributed by atoms with Crippen molar-refractivity contribution >= 4 is 33.9 Å². The molecule has 32 heavy (non-hydrogen) atoms. The summed E-state index contributed by atoms with van der Waals surface area (Å²) in [6.45, 7) is 0.677. The van der Waals surface area contributed by atoms with Crippen LogP contribution in [-0.2, 0) is 29.6 Å². The zero-order chi connectivity index (χ0) is 22.2. The van der Waals surface area contributed by atoms with E-state index in [0.717, 1.165) is 34.2 Å². The van der Waals surface area contributed by atoms with Crippen LogP contribution < -0.4 is 0 Å². The number of hydrogen-bond donors (Lipinski definition) is 0. The van der Waals surface area contributed by atoms with E-state index in [-0.39, 0.29) is 11.8 Å². The zero-order valence-corrected chi connectivity index (χ0v) is 18.0. The Morgan fingerprint density at radius 1 is 0.844 bits per heavy atom. The third-order valence-electron chi connectivity index (χ3n) is 5.94. The molecule has 160 valence electrons. The molecule has 1 aliphatic rings. The number of nitrogens with zero attached hydrogens (tertiary/aromatic N) is 5. The maximum Gasteiger partial charge on any atom is 0.263 e. The number of imide groups is 1. The maximum absolute atomic E-state index is 13.1. The van der Waals surface area contributed by atoms with Gasteiger partial charge in [0.15, 0.2) is 0 Å². The number of likely N-dealkylation sites (N-methyl/N-ethyl adjacent to an activating group) is 1. The van der Waals surface area contributed by atoms with Crippen LogP contribution >= 0.6 is 0 Å². The summed E-state index contributed by atoms with van der Waals surface area (Å²) in [6.07, 6.45) is 5.49. The second-order valence-corrected chi connectivity index (χ2v) is 8.05. The van der Waals surface area contributed by atoms with Crippen molar-refractivity contribution in [2.45, 2.75) is 19.4 Å².